The third-order valence-corrected chi connectivity index (χ3v) is 1.75. The number of hydrogen-bond acceptors (Lipinski definition) is 4. The molecule has 1 heterocycles. The highest BCUT2D eigenvalue weighted by Crippen LogP contribution is 2.03. The SMILES string of the molecule is CC(C)NC(=O)c1ccc(NC(C)C)nn1. The van der Waals surface area contributed by atoms with Gasteiger partial charge in [0.15, 0.2) is 5.69 Å². The molecule has 2 N–H and O–H groups in total. The van der Waals surface area contributed by atoms with Gasteiger partial charge >= 0.3 is 0 Å². The van der Waals surface area contributed by atoms with Crippen LogP contribution in [0.5, 0.6) is 0 Å². The summed E-state index contributed by atoms with van der Waals surface area (Å²) in [5, 5.41) is 13.6. The van der Waals surface area contributed by atoms with Crippen molar-refractivity contribution >= 4 is 11.7 Å². The van der Waals surface area contributed by atoms with Crippen LogP contribution in [0.2, 0.25) is 0 Å². The lowest BCUT2D eigenvalue weighted by Crippen LogP contribution is -2.31. The highest BCUT2D eigenvalue weighted by molar-refractivity contribution is 5.92. The summed E-state index contributed by atoms with van der Waals surface area (Å²) < 4.78 is 0. The van der Waals surface area contributed by atoms with E-state index in [2.05, 4.69) is 20.8 Å². The molecule has 0 saturated heterocycles. The van der Waals surface area contributed by atoms with Crippen molar-refractivity contribution in [2.24, 2.45) is 0 Å². The molecule has 0 aliphatic carbocycles. The average molecular weight is 222 g/mol. The van der Waals surface area contributed by atoms with Crippen molar-refractivity contribution in [1.29, 1.82) is 0 Å². The summed E-state index contributed by atoms with van der Waals surface area (Å²) in [6.45, 7) is 7.84. The lowest BCUT2D eigenvalue weighted by Gasteiger charge is -2.09. The number of amides is 1. The van der Waals surface area contributed by atoms with E-state index in [0.717, 1.165) is 0 Å². The quantitative estimate of drug-likeness (QED) is 0.808. The highest BCUT2D eigenvalue weighted by atomic mass is 16.1. The van der Waals surface area contributed by atoms with Gasteiger partial charge in [-0.25, -0.2) is 0 Å². The van der Waals surface area contributed by atoms with Gasteiger partial charge in [-0.1, -0.05) is 0 Å². The van der Waals surface area contributed by atoms with Gasteiger partial charge in [0.05, 0.1) is 0 Å². The maximum Gasteiger partial charge on any atom is 0.271 e. The van der Waals surface area contributed by atoms with E-state index in [-0.39, 0.29) is 11.9 Å². The smallest absolute Gasteiger partial charge is 0.271 e. The van der Waals surface area contributed by atoms with E-state index in [1.807, 2.05) is 27.7 Å². The second kappa shape index (κ2) is 5.44. The number of carbonyl (C=O) groups is 1. The Balaban J connectivity index is 2.67. The Morgan fingerprint density at radius 2 is 1.81 bits per heavy atom. The topological polar surface area (TPSA) is 66.9 Å². The molecule has 0 bridgehead atoms. The number of nitrogens with one attached hydrogen (secondary N) is 2. The van der Waals surface area contributed by atoms with E-state index in [9.17, 15) is 4.79 Å². The van der Waals surface area contributed by atoms with Gasteiger partial charge in [0, 0.05) is 12.1 Å². The Kier molecular flexibility index (Phi) is 4.22. The van der Waals surface area contributed by atoms with Gasteiger partial charge < -0.3 is 10.6 Å². The Morgan fingerprint density at radius 1 is 1.12 bits per heavy atom. The predicted molar refractivity (Wildman–Crippen MR) is 63.4 cm³/mol. The average Bonchev–Trinajstić information content (AvgIpc) is 2.16. The molecule has 1 aromatic rings. The number of anilines is 1. The Labute approximate surface area is 95.7 Å². The van der Waals surface area contributed by atoms with E-state index < -0.39 is 0 Å². The summed E-state index contributed by atoms with van der Waals surface area (Å²) in [6.07, 6.45) is 0. The van der Waals surface area contributed by atoms with Crippen molar-refractivity contribution in [2.45, 2.75) is 39.8 Å². The molecule has 0 radical (unpaired) electrons. The standard InChI is InChI=1S/C11H18N4O/c1-7(2)12-10-6-5-9(14-15-10)11(16)13-8(3)4/h5-8H,1-4H3,(H,12,15)(H,13,16). The molecule has 1 aromatic heterocycles. The molecule has 0 fully saturated rings. The van der Waals surface area contributed by atoms with Gasteiger partial charge in [0.1, 0.15) is 5.82 Å². The van der Waals surface area contributed by atoms with Crippen molar-refractivity contribution in [3.8, 4) is 0 Å². The second-order valence-corrected chi connectivity index (χ2v) is 4.23. The first-order valence-electron chi connectivity index (χ1n) is 5.40. The molecule has 0 aliphatic heterocycles. The number of nitrogens with zero attached hydrogens (tertiary/aromatic N) is 2. The second-order valence-electron chi connectivity index (χ2n) is 4.23. The zero-order valence-electron chi connectivity index (χ0n) is 10.1. The van der Waals surface area contributed by atoms with Crippen molar-refractivity contribution in [2.75, 3.05) is 5.32 Å². The summed E-state index contributed by atoms with van der Waals surface area (Å²) in [5.74, 6) is 0.481. The van der Waals surface area contributed by atoms with Crippen molar-refractivity contribution in [3.05, 3.63) is 17.8 Å². The van der Waals surface area contributed by atoms with Gasteiger partial charge in [-0.3, -0.25) is 4.79 Å². The third-order valence-electron chi connectivity index (χ3n) is 1.75. The minimum Gasteiger partial charge on any atom is -0.366 e. The largest absolute Gasteiger partial charge is 0.366 e. The first-order valence-corrected chi connectivity index (χ1v) is 5.40. The summed E-state index contributed by atoms with van der Waals surface area (Å²) in [6, 6.07) is 3.81. The molecule has 16 heavy (non-hydrogen) atoms. The van der Waals surface area contributed by atoms with Crippen LogP contribution in [0.25, 0.3) is 0 Å². The van der Waals surface area contributed by atoms with Crippen LogP contribution in [0.15, 0.2) is 12.1 Å². The zero-order chi connectivity index (χ0) is 12.1. The van der Waals surface area contributed by atoms with Crippen molar-refractivity contribution in [3.63, 3.8) is 0 Å². The van der Waals surface area contributed by atoms with Crippen LogP contribution in [0.4, 0.5) is 5.82 Å². The number of aromatic nitrogens is 2. The van der Waals surface area contributed by atoms with Crippen LogP contribution in [0.3, 0.4) is 0 Å². The maximum absolute atomic E-state index is 11.6. The van der Waals surface area contributed by atoms with Crippen LogP contribution >= 0.6 is 0 Å². The Hall–Kier alpha value is -1.65. The van der Waals surface area contributed by atoms with E-state index in [0.29, 0.717) is 17.6 Å². The molecule has 0 atom stereocenters. The van der Waals surface area contributed by atoms with Gasteiger partial charge in [-0.2, -0.15) is 0 Å². The van der Waals surface area contributed by atoms with Crippen LogP contribution in [0, 0.1) is 0 Å². The van der Waals surface area contributed by atoms with Gasteiger partial charge in [-0.15, -0.1) is 10.2 Å². The molecule has 1 amide bonds. The fraction of sp³-hybridized carbons (Fsp3) is 0.545. The summed E-state index contributed by atoms with van der Waals surface area (Å²) in [5.41, 5.74) is 0.336. The lowest BCUT2D eigenvalue weighted by molar-refractivity contribution is 0.0937. The Morgan fingerprint density at radius 3 is 2.25 bits per heavy atom. The summed E-state index contributed by atoms with van der Waals surface area (Å²) in [7, 11) is 0. The van der Waals surface area contributed by atoms with Gasteiger partial charge in [0.25, 0.3) is 5.91 Å². The number of rotatable bonds is 4. The molecule has 5 nitrogen and oxygen atoms in total. The minimum atomic E-state index is -0.196. The van der Waals surface area contributed by atoms with Gasteiger partial charge in [-0.05, 0) is 39.8 Å². The molecule has 0 unspecified atom stereocenters. The fourth-order valence-corrected chi connectivity index (χ4v) is 1.16. The molecule has 5 heteroatoms. The van der Waals surface area contributed by atoms with Crippen LogP contribution in [-0.2, 0) is 0 Å². The molecule has 0 saturated carbocycles. The van der Waals surface area contributed by atoms with E-state index in [1.165, 1.54) is 0 Å². The molecule has 0 spiro atoms. The van der Waals surface area contributed by atoms with Crippen LogP contribution < -0.4 is 10.6 Å². The van der Waals surface area contributed by atoms with Crippen LogP contribution in [-0.4, -0.2) is 28.2 Å². The fourth-order valence-electron chi connectivity index (χ4n) is 1.16. The normalized spacial score (nSPS) is 10.6. The summed E-state index contributed by atoms with van der Waals surface area (Å²) >= 11 is 0. The minimum absolute atomic E-state index is 0.0998. The zero-order valence-corrected chi connectivity index (χ0v) is 10.1. The molecule has 88 valence electrons. The summed E-state index contributed by atoms with van der Waals surface area (Å²) in [4.78, 5) is 11.6. The van der Waals surface area contributed by atoms with Crippen molar-refractivity contribution < 1.29 is 4.79 Å². The van der Waals surface area contributed by atoms with E-state index in [4.69, 9.17) is 0 Å². The molecule has 0 aliphatic rings. The van der Waals surface area contributed by atoms with Crippen molar-refractivity contribution in [1.82, 2.24) is 15.5 Å². The number of hydrogen-bond donors (Lipinski definition) is 2. The van der Waals surface area contributed by atoms with Gasteiger partial charge in [0.2, 0.25) is 0 Å². The van der Waals surface area contributed by atoms with E-state index in [1.54, 1.807) is 12.1 Å². The Bertz CT molecular complexity index is 346. The maximum atomic E-state index is 11.6. The highest BCUT2D eigenvalue weighted by Gasteiger charge is 2.09. The first-order chi connectivity index (χ1) is 7.49. The predicted octanol–water partition coefficient (Wildman–Crippen LogP) is 1.44. The lowest BCUT2D eigenvalue weighted by atomic mass is 10.3. The first kappa shape index (κ1) is 12.4. The number of carbonyl (C=O) groups excluding carboxylic acids is 1. The molecular formula is C11H18N4O. The van der Waals surface area contributed by atoms with Crippen LogP contribution in [0.1, 0.15) is 38.2 Å². The monoisotopic (exact) mass is 222 g/mol. The molecular weight excluding hydrogens is 204 g/mol. The molecule has 1 rings (SSSR count). The van der Waals surface area contributed by atoms with E-state index >= 15 is 0 Å². The molecule has 0 aromatic carbocycles. The third kappa shape index (κ3) is 3.84.